The molecule has 4 bridgehead atoms. The predicted octanol–water partition coefficient (Wildman–Crippen LogP) is 0.743. The van der Waals surface area contributed by atoms with Gasteiger partial charge in [-0.1, -0.05) is 0 Å². The summed E-state index contributed by atoms with van der Waals surface area (Å²) in [5.41, 5.74) is -0.417. The highest BCUT2D eigenvalue weighted by Gasteiger charge is 2.57. The minimum Gasteiger partial charge on any atom is -0.454 e. The number of rotatable bonds is 6. The first-order valence-electron chi connectivity index (χ1n) is 12.7. The highest BCUT2D eigenvalue weighted by Crippen LogP contribution is 2.60. The van der Waals surface area contributed by atoms with Crippen molar-refractivity contribution in [2.45, 2.75) is 76.5 Å². The standard InChI is InChI=1S/C24H36N2O7S/c1-2-25(18-3-4-34(31,32)14-18)21(28)13-33-22(29)20-8-19(27)12-26(20)23(30)24-9-15-5-16(10-24)7-17(6-15)11-24/h15-20,27H,2-14H2,1H3/t15?,16?,17?,18?,19?,20-,24?/m0/s1. The molecule has 6 fully saturated rings. The number of likely N-dealkylation sites (N-methyl/N-ethyl adjacent to an activating group) is 1. The van der Waals surface area contributed by atoms with Crippen molar-refractivity contribution in [2.75, 3.05) is 31.2 Å². The highest BCUT2D eigenvalue weighted by molar-refractivity contribution is 7.91. The number of nitrogens with zero attached hydrogens (tertiary/aromatic N) is 2. The van der Waals surface area contributed by atoms with Crippen molar-refractivity contribution in [1.29, 1.82) is 0 Å². The Hall–Kier alpha value is -1.68. The van der Waals surface area contributed by atoms with Gasteiger partial charge in [-0.3, -0.25) is 9.59 Å². The number of ether oxygens (including phenoxy) is 1. The molecule has 10 heteroatoms. The van der Waals surface area contributed by atoms with E-state index >= 15 is 0 Å². The van der Waals surface area contributed by atoms with Crippen LogP contribution in [0.4, 0.5) is 0 Å². The summed E-state index contributed by atoms with van der Waals surface area (Å²) >= 11 is 0. The quantitative estimate of drug-likeness (QED) is 0.539. The van der Waals surface area contributed by atoms with Crippen molar-refractivity contribution in [3.05, 3.63) is 0 Å². The van der Waals surface area contributed by atoms with Crippen LogP contribution in [-0.4, -0.2) is 90.5 Å². The van der Waals surface area contributed by atoms with Crippen LogP contribution < -0.4 is 0 Å². The molecule has 2 unspecified atom stereocenters. The Morgan fingerprint density at radius 3 is 2.21 bits per heavy atom. The molecule has 0 aromatic rings. The molecule has 2 amide bonds. The Bertz CT molecular complexity index is 929. The maximum Gasteiger partial charge on any atom is 0.329 e. The molecule has 0 aromatic carbocycles. The lowest BCUT2D eigenvalue weighted by atomic mass is 9.49. The smallest absolute Gasteiger partial charge is 0.329 e. The Morgan fingerprint density at radius 2 is 1.68 bits per heavy atom. The minimum absolute atomic E-state index is 0.0252. The molecule has 0 spiro atoms. The molecule has 6 rings (SSSR count). The average molecular weight is 497 g/mol. The van der Waals surface area contributed by atoms with Gasteiger partial charge in [-0.25, -0.2) is 13.2 Å². The second kappa shape index (κ2) is 8.76. The van der Waals surface area contributed by atoms with Crippen LogP contribution in [0.15, 0.2) is 0 Å². The lowest BCUT2D eigenvalue weighted by molar-refractivity contribution is -0.167. The highest BCUT2D eigenvalue weighted by atomic mass is 32.2. The molecule has 4 aliphatic carbocycles. The fraction of sp³-hybridized carbons (Fsp3) is 0.875. The van der Waals surface area contributed by atoms with Gasteiger partial charge in [0.15, 0.2) is 16.4 Å². The SMILES string of the molecule is CCN(C(=O)COC(=O)[C@@H]1CC(O)CN1C(=O)C12CC3CC(CC(C3)C1)C2)C1CCS(=O)(=O)C1. The van der Waals surface area contributed by atoms with Crippen LogP contribution in [0.25, 0.3) is 0 Å². The maximum absolute atomic E-state index is 13.8. The van der Waals surface area contributed by atoms with Crippen molar-refractivity contribution in [1.82, 2.24) is 9.80 Å². The van der Waals surface area contributed by atoms with Crippen molar-refractivity contribution in [2.24, 2.45) is 23.2 Å². The molecule has 6 aliphatic rings. The Balaban J connectivity index is 1.22. The average Bonchev–Trinajstić information content (AvgIpc) is 3.33. The lowest BCUT2D eigenvalue weighted by Crippen LogP contribution is -2.56. The summed E-state index contributed by atoms with van der Waals surface area (Å²) in [6.45, 7) is 1.73. The van der Waals surface area contributed by atoms with E-state index in [2.05, 4.69) is 0 Å². The van der Waals surface area contributed by atoms with Crippen LogP contribution in [0.2, 0.25) is 0 Å². The van der Waals surface area contributed by atoms with Crippen molar-refractivity contribution >= 4 is 27.6 Å². The molecule has 4 saturated carbocycles. The van der Waals surface area contributed by atoms with E-state index in [4.69, 9.17) is 4.74 Å². The molecular weight excluding hydrogens is 460 g/mol. The third kappa shape index (κ3) is 4.36. The first-order chi connectivity index (χ1) is 16.1. The Labute approximate surface area is 201 Å². The molecule has 0 aromatic heterocycles. The lowest BCUT2D eigenvalue weighted by Gasteiger charge is -2.56. The van der Waals surface area contributed by atoms with Crippen molar-refractivity contribution < 1.29 is 32.6 Å². The summed E-state index contributed by atoms with van der Waals surface area (Å²) in [4.78, 5) is 42.4. The number of hydrogen-bond donors (Lipinski definition) is 1. The van der Waals surface area contributed by atoms with Gasteiger partial charge in [0.1, 0.15) is 6.04 Å². The van der Waals surface area contributed by atoms with Gasteiger partial charge >= 0.3 is 5.97 Å². The molecule has 3 atom stereocenters. The second-order valence-electron chi connectivity index (χ2n) is 11.4. The molecule has 1 N–H and O–H groups in total. The first-order valence-corrected chi connectivity index (χ1v) is 14.6. The summed E-state index contributed by atoms with van der Waals surface area (Å²) in [6.07, 6.45) is 5.96. The number of likely N-dealkylation sites (tertiary alicyclic amines) is 1. The van der Waals surface area contributed by atoms with Crippen LogP contribution in [0.3, 0.4) is 0 Å². The Kier molecular flexibility index (Phi) is 6.19. The van der Waals surface area contributed by atoms with Gasteiger partial charge < -0.3 is 19.6 Å². The normalized spacial score (nSPS) is 39.9. The molecule has 9 nitrogen and oxygen atoms in total. The number of hydrogen-bond acceptors (Lipinski definition) is 7. The van der Waals surface area contributed by atoms with E-state index in [-0.39, 0.29) is 30.4 Å². The van der Waals surface area contributed by atoms with Gasteiger partial charge in [0, 0.05) is 25.6 Å². The molecule has 34 heavy (non-hydrogen) atoms. The molecule has 0 radical (unpaired) electrons. The topological polar surface area (TPSA) is 121 Å². The number of carbonyl (C=O) groups excluding carboxylic acids is 3. The number of esters is 1. The fourth-order valence-electron chi connectivity index (χ4n) is 7.91. The molecular formula is C24H36N2O7S. The predicted molar refractivity (Wildman–Crippen MR) is 122 cm³/mol. The Morgan fingerprint density at radius 1 is 1.06 bits per heavy atom. The van der Waals surface area contributed by atoms with E-state index in [1.807, 2.05) is 0 Å². The number of amides is 2. The summed E-state index contributed by atoms with van der Waals surface area (Å²) in [6, 6.07) is -1.28. The monoisotopic (exact) mass is 496 g/mol. The summed E-state index contributed by atoms with van der Waals surface area (Å²) in [7, 11) is -3.14. The van der Waals surface area contributed by atoms with Gasteiger partial charge in [0.25, 0.3) is 5.91 Å². The number of β-amino-alcohol motifs (C(OH)–C–C–N with tert-alkyl or cyclic N) is 1. The molecule has 2 saturated heterocycles. The van der Waals surface area contributed by atoms with Gasteiger partial charge in [0.2, 0.25) is 5.91 Å². The van der Waals surface area contributed by atoms with E-state index in [9.17, 15) is 27.9 Å². The van der Waals surface area contributed by atoms with E-state index in [0.29, 0.717) is 30.7 Å². The van der Waals surface area contributed by atoms with Crippen molar-refractivity contribution in [3.63, 3.8) is 0 Å². The van der Waals surface area contributed by atoms with E-state index < -0.39 is 51.9 Å². The van der Waals surface area contributed by atoms with Gasteiger partial charge in [0.05, 0.1) is 23.0 Å². The molecule has 2 heterocycles. The number of carbonyl (C=O) groups is 3. The number of aliphatic hydroxyl groups is 1. The zero-order chi connectivity index (χ0) is 24.3. The molecule has 2 aliphatic heterocycles. The summed E-state index contributed by atoms with van der Waals surface area (Å²) in [5, 5.41) is 10.3. The van der Waals surface area contributed by atoms with Crippen LogP contribution in [-0.2, 0) is 29.0 Å². The largest absolute Gasteiger partial charge is 0.454 e. The first kappa shape index (κ1) is 24.0. The van der Waals surface area contributed by atoms with E-state index in [0.717, 1.165) is 19.3 Å². The van der Waals surface area contributed by atoms with Gasteiger partial charge in [-0.2, -0.15) is 0 Å². The van der Waals surface area contributed by atoms with Crippen molar-refractivity contribution in [3.8, 4) is 0 Å². The summed E-state index contributed by atoms with van der Waals surface area (Å²) < 4.78 is 28.9. The van der Waals surface area contributed by atoms with Gasteiger partial charge in [-0.05, 0) is 69.6 Å². The maximum atomic E-state index is 13.8. The van der Waals surface area contributed by atoms with Crippen LogP contribution in [0.1, 0.15) is 58.3 Å². The third-order valence-electron chi connectivity index (χ3n) is 8.95. The van der Waals surface area contributed by atoms with E-state index in [1.165, 1.54) is 29.1 Å². The van der Waals surface area contributed by atoms with Gasteiger partial charge in [-0.15, -0.1) is 0 Å². The third-order valence-corrected chi connectivity index (χ3v) is 10.7. The number of sulfone groups is 1. The second-order valence-corrected chi connectivity index (χ2v) is 13.6. The van der Waals surface area contributed by atoms with Crippen LogP contribution in [0, 0.1) is 23.2 Å². The molecule has 190 valence electrons. The summed E-state index contributed by atoms with van der Waals surface area (Å²) in [5.74, 6) is 0.627. The van der Waals surface area contributed by atoms with Crippen LogP contribution >= 0.6 is 0 Å². The number of aliphatic hydroxyl groups excluding tert-OH is 1. The minimum atomic E-state index is -3.14. The fourth-order valence-corrected chi connectivity index (χ4v) is 9.64. The van der Waals surface area contributed by atoms with Crippen LogP contribution in [0.5, 0.6) is 0 Å². The zero-order valence-corrected chi connectivity index (χ0v) is 20.7. The zero-order valence-electron chi connectivity index (χ0n) is 19.9. The van der Waals surface area contributed by atoms with E-state index in [1.54, 1.807) is 6.92 Å².